The molecule has 0 radical (unpaired) electrons. The van der Waals surface area contributed by atoms with E-state index in [4.69, 9.17) is 0 Å². The number of H-pyrrole nitrogens is 1. The van der Waals surface area contributed by atoms with E-state index in [1.54, 1.807) is 6.33 Å². The maximum atomic E-state index is 11.7. The first-order valence-corrected chi connectivity index (χ1v) is 7.85. The first-order valence-electron chi connectivity index (χ1n) is 7.85. The molecule has 0 atom stereocenters. The monoisotopic (exact) mass is 298 g/mol. The SMILES string of the molecule is CCN(Cc1cnc[nH]1)c1ccc(CN2CCCC2=O)cc1. The molecule has 1 amide bonds. The van der Waals surface area contributed by atoms with Gasteiger partial charge in [-0.3, -0.25) is 4.79 Å². The molecule has 0 unspecified atom stereocenters. The topological polar surface area (TPSA) is 52.2 Å². The van der Waals surface area contributed by atoms with Crippen LogP contribution in [-0.4, -0.2) is 33.9 Å². The molecule has 0 saturated carbocycles. The number of amides is 1. The second-order valence-electron chi connectivity index (χ2n) is 5.68. The van der Waals surface area contributed by atoms with Crippen LogP contribution in [-0.2, 0) is 17.9 Å². The van der Waals surface area contributed by atoms with E-state index in [1.165, 1.54) is 11.3 Å². The minimum atomic E-state index is 0.276. The molecule has 1 aliphatic rings. The van der Waals surface area contributed by atoms with Crippen LogP contribution >= 0.6 is 0 Å². The number of carbonyl (C=O) groups is 1. The van der Waals surface area contributed by atoms with Crippen molar-refractivity contribution in [3.8, 4) is 0 Å². The van der Waals surface area contributed by atoms with Gasteiger partial charge in [-0.1, -0.05) is 12.1 Å². The van der Waals surface area contributed by atoms with E-state index < -0.39 is 0 Å². The fraction of sp³-hybridized carbons (Fsp3) is 0.412. The standard InChI is InChI=1S/C17H22N4O/c1-2-20(12-15-10-18-13-19-15)16-7-5-14(6-8-16)11-21-9-3-4-17(21)22/h5-8,10,13H,2-4,9,11-12H2,1H3,(H,18,19). The molecule has 5 nitrogen and oxygen atoms in total. The van der Waals surface area contributed by atoms with Gasteiger partial charge in [0, 0.05) is 37.9 Å². The van der Waals surface area contributed by atoms with E-state index in [-0.39, 0.29) is 5.91 Å². The number of carbonyl (C=O) groups excluding carboxylic acids is 1. The van der Waals surface area contributed by atoms with Crippen LogP contribution in [0.15, 0.2) is 36.8 Å². The lowest BCUT2D eigenvalue weighted by Crippen LogP contribution is -2.24. The highest BCUT2D eigenvalue weighted by Crippen LogP contribution is 2.19. The van der Waals surface area contributed by atoms with E-state index in [9.17, 15) is 4.79 Å². The lowest BCUT2D eigenvalue weighted by atomic mass is 10.2. The fourth-order valence-electron chi connectivity index (χ4n) is 2.87. The molecule has 1 N–H and O–H groups in total. The molecule has 22 heavy (non-hydrogen) atoms. The van der Waals surface area contributed by atoms with Gasteiger partial charge in [0.2, 0.25) is 5.91 Å². The second-order valence-corrected chi connectivity index (χ2v) is 5.68. The summed E-state index contributed by atoms with van der Waals surface area (Å²) in [5.74, 6) is 0.276. The number of hydrogen-bond donors (Lipinski definition) is 1. The van der Waals surface area contributed by atoms with Gasteiger partial charge in [-0.15, -0.1) is 0 Å². The van der Waals surface area contributed by atoms with Crippen molar-refractivity contribution in [3.05, 3.63) is 48.0 Å². The predicted octanol–water partition coefficient (Wildman–Crippen LogP) is 2.56. The molecule has 0 aliphatic carbocycles. The van der Waals surface area contributed by atoms with Gasteiger partial charge in [-0.2, -0.15) is 0 Å². The Kier molecular flexibility index (Phi) is 4.42. The molecule has 2 aromatic rings. The Morgan fingerprint density at radius 3 is 2.73 bits per heavy atom. The number of aromatic nitrogens is 2. The largest absolute Gasteiger partial charge is 0.366 e. The molecule has 1 aromatic carbocycles. The molecule has 1 aliphatic heterocycles. The van der Waals surface area contributed by atoms with Gasteiger partial charge >= 0.3 is 0 Å². The van der Waals surface area contributed by atoms with Crippen molar-refractivity contribution in [2.24, 2.45) is 0 Å². The first-order chi connectivity index (χ1) is 10.8. The van der Waals surface area contributed by atoms with Crippen LogP contribution < -0.4 is 4.90 Å². The van der Waals surface area contributed by atoms with Crippen molar-refractivity contribution in [2.75, 3.05) is 18.0 Å². The zero-order chi connectivity index (χ0) is 15.4. The van der Waals surface area contributed by atoms with E-state index in [0.717, 1.165) is 38.3 Å². The van der Waals surface area contributed by atoms with Gasteiger partial charge in [0.1, 0.15) is 0 Å². The molecule has 0 bridgehead atoms. The van der Waals surface area contributed by atoms with E-state index in [2.05, 4.69) is 46.1 Å². The molecule has 3 rings (SSSR count). The Bertz CT molecular complexity index is 606. The molecule has 1 saturated heterocycles. The number of nitrogens with zero attached hydrogens (tertiary/aromatic N) is 3. The van der Waals surface area contributed by atoms with E-state index in [0.29, 0.717) is 6.42 Å². The van der Waals surface area contributed by atoms with Crippen LogP contribution in [0.25, 0.3) is 0 Å². The van der Waals surface area contributed by atoms with Gasteiger partial charge < -0.3 is 14.8 Å². The Labute approximate surface area is 131 Å². The number of imidazole rings is 1. The molecular formula is C17H22N4O. The molecule has 116 valence electrons. The summed E-state index contributed by atoms with van der Waals surface area (Å²) >= 11 is 0. The summed E-state index contributed by atoms with van der Waals surface area (Å²) < 4.78 is 0. The lowest BCUT2D eigenvalue weighted by molar-refractivity contribution is -0.128. The lowest BCUT2D eigenvalue weighted by Gasteiger charge is -2.23. The summed E-state index contributed by atoms with van der Waals surface area (Å²) in [4.78, 5) is 23.1. The number of likely N-dealkylation sites (tertiary alicyclic amines) is 1. The third-order valence-corrected chi connectivity index (χ3v) is 4.14. The molecule has 0 spiro atoms. The predicted molar refractivity (Wildman–Crippen MR) is 86.4 cm³/mol. The normalized spacial score (nSPS) is 14.6. The third-order valence-electron chi connectivity index (χ3n) is 4.14. The maximum absolute atomic E-state index is 11.7. The molecule has 1 fully saturated rings. The summed E-state index contributed by atoms with van der Waals surface area (Å²) in [5, 5.41) is 0. The van der Waals surface area contributed by atoms with Gasteiger partial charge in [0.25, 0.3) is 0 Å². The van der Waals surface area contributed by atoms with Crippen LogP contribution in [0.3, 0.4) is 0 Å². The van der Waals surface area contributed by atoms with Crippen LogP contribution in [0, 0.1) is 0 Å². The Hall–Kier alpha value is -2.30. The molecule has 1 aromatic heterocycles. The minimum Gasteiger partial charge on any atom is -0.366 e. The smallest absolute Gasteiger partial charge is 0.222 e. The van der Waals surface area contributed by atoms with Crippen molar-refractivity contribution in [1.29, 1.82) is 0 Å². The van der Waals surface area contributed by atoms with Crippen molar-refractivity contribution in [2.45, 2.75) is 32.9 Å². The zero-order valence-electron chi connectivity index (χ0n) is 13.0. The molecule has 5 heteroatoms. The highest BCUT2D eigenvalue weighted by Gasteiger charge is 2.19. The third kappa shape index (κ3) is 3.30. The van der Waals surface area contributed by atoms with Crippen molar-refractivity contribution in [3.63, 3.8) is 0 Å². The van der Waals surface area contributed by atoms with Gasteiger partial charge in [-0.05, 0) is 31.0 Å². The number of rotatable bonds is 6. The van der Waals surface area contributed by atoms with Crippen LogP contribution in [0.1, 0.15) is 31.0 Å². The second kappa shape index (κ2) is 6.64. The first kappa shape index (κ1) is 14.6. The van der Waals surface area contributed by atoms with E-state index in [1.807, 2.05) is 11.1 Å². The highest BCUT2D eigenvalue weighted by molar-refractivity contribution is 5.78. The van der Waals surface area contributed by atoms with Gasteiger partial charge in [0.15, 0.2) is 0 Å². The highest BCUT2D eigenvalue weighted by atomic mass is 16.2. The maximum Gasteiger partial charge on any atom is 0.222 e. The van der Waals surface area contributed by atoms with E-state index >= 15 is 0 Å². The quantitative estimate of drug-likeness (QED) is 0.891. The summed E-state index contributed by atoms with van der Waals surface area (Å²) in [5.41, 5.74) is 3.48. The zero-order valence-corrected chi connectivity index (χ0v) is 13.0. The Morgan fingerprint density at radius 2 is 2.14 bits per heavy atom. The average molecular weight is 298 g/mol. The molecule has 2 heterocycles. The number of nitrogens with one attached hydrogen (secondary N) is 1. The Balaban J connectivity index is 1.65. The van der Waals surface area contributed by atoms with Gasteiger partial charge in [-0.25, -0.2) is 4.98 Å². The van der Waals surface area contributed by atoms with Crippen LogP contribution in [0.2, 0.25) is 0 Å². The summed E-state index contributed by atoms with van der Waals surface area (Å²) in [6.45, 7) is 5.52. The molecular weight excluding hydrogens is 276 g/mol. The number of anilines is 1. The Morgan fingerprint density at radius 1 is 1.32 bits per heavy atom. The number of benzene rings is 1. The van der Waals surface area contributed by atoms with Crippen molar-refractivity contribution in [1.82, 2.24) is 14.9 Å². The fourth-order valence-corrected chi connectivity index (χ4v) is 2.87. The average Bonchev–Trinajstić information content (AvgIpc) is 3.18. The van der Waals surface area contributed by atoms with Crippen LogP contribution in [0.5, 0.6) is 0 Å². The number of aromatic amines is 1. The van der Waals surface area contributed by atoms with Crippen molar-refractivity contribution >= 4 is 11.6 Å². The summed E-state index contributed by atoms with van der Waals surface area (Å²) in [7, 11) is 0. The van der Waals surface area contributed by atoms with Gasteiger partial charge in [0.05, 0.1) is 18.6 Å². The number of hydrogen-bond acceptors (Lipinski definition) is 3. The minimum absolute atomic E-state index is 0.276. The van der Waals surface area contributed by atoms with Crippen LogP contribution in [0.4, 0.5) is 5.69 Å². The summed E-state index contributed by atoms with van der Waals surface area (Å²) in [6.07, 6.45) is 5.26. The summed E-state index contributed by atoms with van der Waals surface area (Å²) in [6, 6.07) is 8.51. The van der Waals surface area contributed by atoms with Crippen molar-refractivity contribution < 1.29 is 4.79 Å².